The number of amides is 1. The highest BCUT2D eigenvalue weighted by Gasteiger charge is 2.61. The predicted molar refractivity (Wildman–Crippen MR) is 99.1 cm³/mol. The predicted octanol–water partition coefficient (Wildman–Crippen LogP) is 3.40. The minimum Gasteiger partial charge on any atom is -0.338 e. The Morgan fingerprint density at radius 3 is 2.68 bits per heavy atom. The summed E-state index contributed by atoms with van der Waals surface area (Å²) >= 11 is 0. The molecule has 0 aromatic heterocycles. The molecule has 3 aliphatic carbocycles. The summed E-state index contributed by atoms with van der Waals surface area (Å²) in [7, 11) is 7.67. The number of rotatable bonds is 2. The van der Waals surface area contributed by atoms with E-state index in [-0.39, 0.29) is 34.8 Å². The minimum absolute atomic E-state index is 0.0862. The van der Waals surface area contributed by atoms with Crippen molar-refractivity contribution in [3.8, 4) is 0 Å². The summed E-state index contributed by atoms with van der Waals surface area (Å²) in [6.07, 6.45) is 11.0. The summed E-state index contributed by atoms with van der Waals surface area (Å²) in [5.41, 5.74) is 0.226. The number of likely N-dealkylation sites (N-methyl/N-ethyl adjacent to an activating group) is 1. The van der Waals surface area contributed by atoms with E-state index in [1.54, 1.807) is 6.08 Å². The lowest BCUT2D eigenvalue weighted by Gasteiger charge is -2.60. The summed E-state index contributed by atoms with van der Waals surface area (Å²) in [4.78, 5) is 26.5. The zero-order valence-corrected chi connectivity index (χ0v) is 15.8. The summed E-state index contributed by atoms with van der Waals surface area (Å²) in [6, 6.07) is 0.332. The van der Waals surface area contributed by atoms with Crippen LogP contribution in [0, 0.1) is 34.5 Å². The molecule has 0 N–H and O–H groups in total. The van der Waals surface area contributed by atoms with Gasteiger partial charge in [-0.25, -0.2) is 0 Å². The lowest BCUT2D eigenvalue weighted by Crippen LogP contribution is -2.59. The molecule has 25 heavy (non-hydrogen) atoms. The SMILES string of the molecule is [B]CC(=O)[C@H]1CC[C@H]2C3CC[C@H]4N(C)C(=O)C=C[C@]4(C)C3CC[C@]12C. The minimum atomic E-state index is 0.0862. The van der Waals surface area contributed by atoms with Crippen LogP contribution in [0.1, 0.15) is 52.4 Å². The molecule has 4 heteroatoms. The van der Waals surface area contributed by atoms with Crippen LogP contribution in [0.15, 0.2) is 12.2 Å². The average Bonchev–Trinajstić information content (AvgIpc) is 2.95. The van der Waals surface area contributed by atoms with Crippen molar-refractivity contribution < 1.29 is 9.59 Å². The molecular formula is C21H30BNO2. The van der Waals surface area contributed by atoms with Gasteiger partial charge in [-0.3, -0.25) is 4.79 Å². The summed E-state index contributed by atoms with van der Waals surface area (Å²) in [6.45, 7) is 4.73. The number of Topliss-reactive ketones (excluding diaryl/α,β-unsaturated/α-hetero) is 1. The zero-order chi connectivity index (χ0) is 18.0. The van der Waals surface area contributed by atoms with Crippen molar-refractivity contribution in [1.82, 2.24) is 4.90 Å². The Hall–Kier alpha value is -1.06. The van der Waals surface area contributed by atoms with Crippen LogP contribution in [0.5, 0.6) is 0 Å². The molecule has 4 aliphatic rings. The number of fused-ring (bicyclic) bond motifs is 5. The van der Waals surface area contributed by atoms with Crippen LogP contribution >= 0.6 is 0 Å². The van der Waals surface area contributed by atoms with E-state index in [0.29, 0.717) is 23.8 Å². The molecule has 7 atom stereocenters. The Morgan fingerprint density at radius 2 is 1.96 bits per heavy atom. The lowest BCUT2D eigenvalue weighted by atomic mass is 9.47. The maximum Gasteiger partial charge on any atom is 0.246 e. The van der Waals surface area contributed by atoms with Crippen LogP contribution in [-0.4, -0.2) is 37.5 Å². The Kier molecular flexibility index (Phi) is 3.97. The summed E-state index contributed by atoms with van der Waals surface area (Å²) in [5.74, 6) is 2.54. The normalized spacial score (nSPS) is 48.7. The number of nitrogens with zero attached hydrogens (tertiary/aromatic N) is 1. The molecule has 3 nitrogen and oxygen atoms in total. The topological polar surface area (TPSA) is 37.4 Å². The van der Waals surface area contributed by atoms with Crippen molar-refractivity contribution in [1.29, 1.82) is 0 Å². The molecule has 1 heterocycles. The monoisotopic (exact) mass is 339 g/mol. The molecule has 2 radical (unpaired) electrons. The summed E-state index contributed by atoms with van der Waals surface area (Å²) in [5, 5.41) is 0. The zero-order valence-electron chi connectivity index (χ0n) is 15.8. The maximum atomic E-state index is 12.4. The Labute approximate surface area is 153 Å². The third-order valence-corrected chi connectivity index (χ3v) is 8.72. The number of carbonyl (C=O) groups excluding carboxylic acids is 2. The van der Waals surface area contributed by atoms with E-state index in [2.05, 4.69) is 19.9 Å². The number of hydrogen-bond donors (Lipinski definition) is 0. The lowest BCUT2D eigenvalue weighted by molar-refractivity contribution is -0.141. The van der Waals surface area contributed by atoms with E-state index in [0.717, 1.165) is 19.3 Å². The van der Waals surface area contributed by atoms with Gasteiger partial charge in [0, 0.05) is 24.4 Å². The Balaban J connectivity index is 1.65. The molecule has 2 unspecified atom stereocenters. The highest BCUT2D eigenvalue weighted by atomic mass is 16.2. The van der Waals surface area contributed by atoms with E-state index in [1.165, 1.54) is 19.3 Å². The molecule has 3 fully saturated rings. The molecule has 1 amide bonds. The van der Waals surface area contributed by atoms with Gasteiger partial charge in [0.2, 0.25) is 5.91 Å². The first-order valence-electron chi connectivity index (χ1n) is 10.0. The van der Waals surface area contributed by atoms with Crippen molar-refractivity contribution in [2.24, 2.45) is 34.5 Å². The second kappa shape index (κ2) is 5.72. The fourth-order valence-electron chi connectivity index (χ4n) is 7.41. The van der Waals surface area contributed by atoms with Crippen molar-refractivity contribution in [3.05, 3.63) is 12.2 Å². The summed E-state index contributed by atoms with van der Waals surface area (Å²) < 4.78 is 0. The van der Waals surface area contributed by atoms with Gasteiger partial charge in [0.15, 0.2) is 0 Å². The van der Waals surface area contributed by atoms with Crippen LogP contribution in [0.4, 0.5) is 0 Å². The maximum absolute atomic E-state index is 12.4. The first kappa shape index (κ1) is 17.4. The molecular weight excluding hydrogens is 309 g/mol. The van der Waals surface area contributed by atoms with Crippen LogP contribution in [0.2, 0.25) is 6.32 Å². The van der Waals surface area contributed by atoms with Crippen molar-refractivity contribution in [2.75, 3.05) is 7.05 Å². The molecule has 0 saturated heterocycles. The molecule has 134 valence electrons. The van der Waals surface area contributed by atoms with Gasteiger partial charge < -0.3 is 9.69 Å². The van der Waals surface area contributed by atoms with Crippen LogP contribution in [0.3, 0.4) is 0 Å². The number of carbonyl (C=O) groups is 2. The average molecular weight is 339 g/mol. The second-order valence-electron chi connectivity index (χ2n) is 9.46. The van der Waals surface area contributed by atoms with Gasteiger partial charge in [-0.2, -0.15) is 0 Å². The third-order valence-electron chi connectivity index (χ3n) is 8.72. The first-order chi connectivity index (χ1) is 11.8. The van der Waals surface area contributed by atoms with Gasteiger partial charge in [0.1, 0.15) is 5.78 Å². The molecule has 0 aromatic rings. The fraction of sp³-hybridized carbons (Fsp3) is 0.810. The van der Waals surface area contributed by atoms with Gasteiger partial charge in [0.25, 0.3) is 0 Å². The molecule has 0 bridgehead atoms. The van der Waals surface area contributed by atoms with E-state index in [9.17, 15) is 9.59 Å². The van der Waals surface area contributed by atoms with Gasteiger partial charge in [-0.1, -0.05) is 19.9 Å². The van der Waals surface area contributed by atoms with E-state index < -0.39 is 0 Å². The largest absolute Gasteiger partial charge is 0.338 e. The van der Waals surface area contributed by atoms with Gasteiger partial charge >= 0.3 is 0 Å². The molecule has 0 aromatic carbocycles. The van der Waals surface area contributed by atoms with Gasteiger partial charge in [-0.15, -0.1) is 0 Å². The highest BCUT2D eigenvalue weighted by Crippen LogP contribution is 2.65. The molecule has 3 saturated carbocycles. The first-order valence-corrected chi connectivity index (χ1v) is 10.0. The second-order valence-corrected chi connectivity index (χ2v) is 9.46. The van der Waals surface area contributed by atoms with Crippen LogP contribution < -0.4 is 0 Å². The van der Waals surface area contributed by atoms with Gasteiger partial charge in [0.05, 0.1) is 7.85 Å². The quantitative estimate of drug-likeness (QED) is 0.723. The van der Waals surface area contributed by atoms with Crippen molar-refractivity contribution in [2.45, 2.75) is 64.7 Å². The molecule has 4 rings (SSSR count). The smallest absolute Gasteiger partial charge is 0.246 e. The third kappa shape index (κ3) is 2.25. The molecule has 1 aliphatic heterocycles. The van der Waals surface area contributed by atoms with E-state index in [1.807, 2.05) is 11.9 Å². The van der Waals surface area contributed by atoms with Gasteiger partial charge in [-0.05, 0) is 74.1 Å². The fourth-order valence-corrected chi connectivity index (χ4v) is 7.41. The van der Waals surface area contributed by atoms with Crippen molar-refractivity contribution in [3.63, 3.8) is 0 Å². The van der Waals surface area contributed by atoms with Crippen LogP contribution in [0.25, 0.3) is 0 Å². The van der Waals surface area contributed by atoms with Crippen molar-refractivity contribution >= 4 is 19.5 Å². The van der Waals surface area contributed by atoms with E-state index in [4.69, 9.17) is 7.85 Å². The number of ketones is 1. The molecule has 0 spiro atoms. The Morgan fingerprint density at radius 1 is 1.20 bits per heavy atom. The Bertz CT molecular complexity index is 631. The van der Waals surface area contributed by atoms with Crippen LogP contribution in [-0.2, 0) is 9.59 Å². The standard InChI is InChI=1S/C21H30BNO2/c1-20-10-8-15-13(14(20)5-6-16(20)17(24)12-22)4-7-18-21(15,2)11-9-19(25)23(18)3/h9,11,13-16,18H,4-8,10,12H2,1-3H3/t13?,14-,15?,16+,18+,20-,21+/m0/s1. The van der Waals surface area contributed by atoms with E-state index >= 15 is 0 Å². The number of hydrogen-bond acceptors (Lipinski definition) is 2. The highest BCUT2D eigenvalue weighted by molar-refractivity contribution is 6.20.